The second-order valence-electron chi connectivity index (χ2n) is 6.26. The predicted octanol–water partition coefficient (Wildman–Crippen LogP) is 3.48. The number of rotatable bonds is 5. The van der Waals surface area contributed by atoms with Gasteiger partial charge in [0.15, 0.2) is 6.29 Å². The fraction of sp³-hybridized carbons (Fsp3) is 0.333. The number of fused-ring (bicyclic) bond motifs is 1. The van der Waals surface area contributed by atoms with E-state index in [-0.39, 0.29) is 12.2 Å². The molecule has 1 saturated heterocycles. The summed E-state index contributed by atoms with van der Waals surface area (Å²) in [6, 6.07) is 15.0. The number of benzene rings is 2. The van der Waals surface area contributed by atoms with Crippen LogP contribution < -0.4 is 14.2 Å². The van der Waals surface area contributed by atoms with E-state index < -0.39 is 12.6 Å². The van der Waals surface area contributed by atoms with Crippen LogP contribution in [0.3, 0.4) is 0 Å². The summed E-state index contributed by atoms with van der Waals surface area (Å²) in [6.07, 6.45) is 2.53. The Balaban J connectivity index is 1.37. The molecule has 4 atom stereocenters. The maximum Gasteiger partial charge on any atom is 0.220 e. The number of hydrogen-bond acceptors (Lipinski definition) is 6. The van der Waals surface area contributed by atoms with Crippen LogP contribution in [0.25, 0.3) is 0 Å². The van der Waals surface area contributed by atoms with Crippen LogP contribution >= 0.6 is 0 Å². The maximum absolute atomic E-state index is 6.03. The van der Waals surface area contributed by atoms with E-state index in [0.717, 1.165) is 17.1 Å². The molecule has 6 nitrogen and oxygen atoms in total. The van der Waals surface area contributed by atoms with Gasteiger partial charge in [-0.1, -0.05) is 18.2 Å². The van der Waals surface area contributed by atoms with Crippen LogP contribution in [0.2, 0.25) is 0 Å². The number of hydrogen-bond donors (Lipinski definition) is 0. The largest absolute Gasteiger partial charge is 0.497 e. The molecule has 0 spiro atoms. The van der Waals surface area contributed by atoms with Crippen LogP contribution in [0.4, 0.5) is 0 Å². The molecular weight excluding hydrogens is 348 g/mol. The average Bonchev–Trinajstić information content (AvgIpc) is 2.74. The second kappa shape index (κ2) is 8.00. The van der Waals surface area contributed by atoms with E-state index in [1.54, 1.807) is 14.2 Å². The molecule has 1 fully saturated rings. The lowest BCUT2D eigenvalue weighted by molar-refractivity contribution is -0.275. The molecule has 1 unspecified atom stereocenters. The van der Waals surface area contributed by atoms with E-state index >= 15 is 0 Å². The third-order valence-corrected chi connectivity index (χ3v) is 4.53. The fourth-order valence-electron chi connectivity index (χ4n) is 3.04. The summed E-state index contributed by atoms with van der Waals surface area (Å²) >= 11 is 0. The topological polar surface area (TPSA) is 55.4 Å². The predicted molar refractivity (Wildman–Crippen MR) is 98.0 cm³/mol. The van der Waals surface area contributed by atoms with Gasteiger partial charge in [0.05, 0.1) is 20.8 Å². The Bertz CT molecular complexity index is 770. The third kappa shape index (κ3) is 4.08. The minimum absolute atomic E-state index is 0.179. The van der Waals surface area contributed by atoms with Crippen molar-refractivity contribution in [3.63, 3.8) is 0 Å². The Morgan fingerprint density at radius 3 is 2.07 bits per heavy atom. The van der Waals surface area contributed by atoms with Crippen molar-refractivity contribution in [3.8, 4) is 17.2 Å². The Labute approximate surface area is 158 Å². The van der Waals surface area contributed by atoms with Crippen molar-refractivity contribution >= 4 is 0 Å². The van der Waals surface area contributed by atoms with Gasteiger partial charge in [0.25, 0.3) is 0 Å². The molecule has 0 amide bonds. The highest BCUT2D eigenvalue weighted by molar-refractivity contribution is 5.31. The van der Waals surface area contributed by atoms with Gasteiger partial charge in [0, 0.05) is 5.56 Å². The van der Waals surface area contributed by atoms with E-state index in [2.05, 4.69) is 0 Å². The molecular formula is C21H22O6. The normalized spacial score (nSPS) is 26.9. The van der Waals surface area contributed by atoms with Crippen molar-refractivity contribution in [2.75, 3.05) is 20.8 Å². The smallest absolute Gasteiger partial charge is 0.220 e. The van der Waals surface area contributed by atoms with Gasteiger partial charge in [-0.05, 0) is 42.5 Å². The third-order valence-electron chi connectivity index (χ3n) is 4.53. The molecule has 4 rings (SSSR count). The van der Waals surface area contributed by atoms with Gasteiger partial charge in [0.2, 0.25) is 6.29 Å². The van der Waals surface area contributed by atoms with E-state index in [0.29, 0.717) is 12.4 Å². The summed E-state index contributed by atoms with van der Waals surface area (Å²) in [5.41, 5.74) is 0.944. The highest BCUT2D eigenvalue weighted by atomic mass is 16.7. The average molecular weight is 370 g/mol. The van der Waals surface area contributed by atoms with Gasteiger partial charge >= 0.3 is 0 Å². The summed E-state index contributed by atoms with van der Waals surface area (Å²) in [4.78, 5) is 0. The lowest BCUT2D eigenvalue weighted by Crippen LogP contribution is -2.46. The van der Waals surface area contributed by atoms with Gasteiger partial charge < -0.3 is 28.4 Å². The Morgan fingerprint density at radius 1 is 0.778 bits per heavy atom. The SMILES string of the molecule is COc1ccc(O[C@H]2C=C[C@@H]3OC(c4ccc(OC)cc4)OC[C@H]3O2)cc1. The molecule has 0 saturated carbocycles. The number of methoxy groups -OCH3 is 2. The van der Waals surface area contributed by atoms with Crippen LogP contribution in [-0.2, 0) is 14.2 Å². The highest BCUT2D eigenvalue weighted by Crippen LogP contribution is 2.32. The van der Waals surface area contributed by atoms with Crippen LogP contribution in [-0.4, -0.2) is 39.3 Å². The lowest BCUT2D eigenvalue weighted by atomic mass is 10.1. The molecule has 0 N–H and O–H groups in total. The van der Waals surface area contributed by atoms with Crippen molar-refractivity contribution in [1.82, 2.24) is 0 Å². The molecule has 2 aliphatic heterocycles. The molecule has 2 aliphatic rings. The first-order chi connectivity index (χ1) is 13.2. The van der Waals surface area contributed by atoms with Crippen molar-refractivity contribution in [2.45, 2.75) is 24.8 Å². The molecule has 27 heavy (non-hydrogen) atoms. The van der Waals surface area contributed by atoms with Crippen LogP contribution in [0.5, 0.6) is 17.2 Å². The van der Waals surface area contributed by atoms with E-state index in [4.69, 9.17) is 28.4 Å². The fourth-order valence-corrected chi connectivity index (χ4v) is 3.04. The standard InChI is InChI=1S/C21H22O6/c1-22-15-5-3-14(4-6-15)21-24-13-19-18(27-21)11-12-20(26-19)25-17-9-7-16(23-2)8-10-17/h3-12,18-21H,13H2,1-2H3/t18-,19+,20+,21?/m0/s1. The van der Waals surface area contributed by atoms with E-state index in [1.807, 2.05) is 60.7 Å². The summed E-state index contributed by atoms with van der Waals surface area (Å²) in [7, 11) is 3.27. The molecule has 0 aliphatic carbocycles. The number of ether oxygens (including phenoxy) is 6. The Morgan fingerprint density at radius 2 is 1.41 bits per heavy atom. The van der Waals surface area contributed by atoms with Crippen LogP contribution in [0, 0.1) is 0 Å². The zero-order valence-electron chi connectivity index (χ0n) is 15.2. The van der Waals surface area contributed by atoms with Crippen molar-refractivity contribution in [2.24, 2.45) is 0 Å². The van der Waals surface area contributed by atoms with Crippen molar-refractivity contribution in [1.29, 1.82) is 0 Å². The monoisotopic (exact) mass is 370 g/mol. The van der Waals surface area contributed by atoms with Gasteiger partial charge in [-0.3, -0.25) is 0 Å². The summed E-state index contributed by atoms with van der Waals surface area (Å²) in [5, 5.41) is 0. The first-order valence-electron chi connectivity index (χ1n) is 8.80. The zero-order valence-corrected chi connectivity index (χ0v) is 15.2. The van der Waals surface area contributed by atoms with Gasteiger partial charge in [-0.2, -0.15) is 0 Å². The molecule has 0 bridgehead atoms. The molecule has 2 heterocycles. The summed E-state index contributed by atoms with van der Waals surface area (Å²) in [5.74, 6) is 2.28. The van der Waals surface area contributed by atoms with E-state index in [1.165, 1.54) is 0 Å². The Hall–Kier alpha value is -2.54. The molecule has 2 aromatic carbocycles. The van der Waals surface area contributed by atoms with Gasteiger partial charge in [-0.15, -0.1) is 0 Å². The quantitative estimate of drug-likeness (QED) is 0.751. The second-order valence-corrected chi connectivity index (χ2v) is 6.26. The van der Waals surface area contributed by atoms with E-state index in [9.17, 15) is 0 Å². The molecule has 0 aromatic heterocycles. The minimum Gasteiger partial charge on any atom is -0.497 e. The molecule has 142 valence electrons. The first kappa shape index (κ1) is 17.9. The summed E-state index contributed by atoms with van der Waals surface area (Å²) in [6.45, 7) is 0.425. The van der Waals surface area contributed by atoms with Crippen molar-refractivity contribution in [3.05, 3.63) is 66.2 Å². The van der Waals surface area contributed by atoms with Crippen molar-refractivity contribution < 1.29 is 28.4 Å². The zero-order chi connectivity index (χ0) is 18.6. The molecule has 0 radical (unpaired) electrons. The Kier molecular flexibility index (Phi) is 5.29. The minimum atomic E-state index is -0.482. The maximum atomic E-state index is 6.03. The van der Waals surface area contributed by atoms with Crippen LogP contribution in [0.1, 0.15) is 11.9 Å². The highest BCUT2D eigenvalue weighted by Gasteiger charge is 2.36. The first-order valence-corrected chi connectivity index (χ1v) is 8.80. The van der Waals surface area contributed by atoms with Crippen LogP contribution in [0.15, 0.2) is 60.7 Å². The summed E-state index contributed by atoms with van der Waals surface area (Å²) < 4.78 is 34.0. The van der Waals surface area contributed by atoms with Gasteiger partial charge in [0.1, 0.15) is 29.5 Å². The van der Waals surface area contributed by atoms with Gasteiger partial charge in [-0.25, -0.2) is 0 Å². The lowest BCUT2D eigenvalue weighted by Gasteiger charge is -2.38. The molecule has 2 aromatic rings. The molecule has 6 heteroatoms.